The van der Waals surface area contributed by atoms with E-state index in [1.165, 1.54) is 0 Å². The standard InChI is InChI=1S/C10H9Cl2N3O2/c11-6-2-1-5(3-7(6)12)9-14-10(17-15-9)8(16)4-13/h1-3,8,16H,4,13H2/t8-/m0/s1. The van der Waals surface area contributed by atoms with Crippen LogP contribution in [0.25, 0.3) is 11.4 Å². The Hall–Kier alpha value is -1.14. The van der Waals surface area contributed by atoms with Crippen LogP contribution in [-0.2, 0) is 0 Å². The molecular weight excluding hydrogens is 265 g/mol. The summed E-state index contributed by atoms with van der Waals surface area (Å²) in [6.45, 7) is 0.0169. The summed E-state index contributed by atoms with van der Waals surface area (Å²) < 4.78 is 4.87. The molecule has 0 saturated carbocycles. The number of nitrogens with two attached hydrogens (primary N) is 1. The maximum Gasteiger partial charge on any atom is 0.257 e. The predicted molar refractivity (Wildman–Crippen MR) is 63.8 cm³/mol. The van der Waals surface area contributed by atoms with Crippen LogP contribution in [0.15, 0.2) is 22.7 Å². The molecule has 0 unspecified atom stereocenters. The average molecular weight is 274 g/mol. The summed E-state index contributed by atoms with van der Waals surface area (Å²) in [5, 5.41) is 14.0. The topological polar surface area (TPSA) is 85.2 Å². The van der Waals surface area contributed by atoms with Gasteiger partial charge in [0, 0.05) is 12.1 Å². The summed E-state index contributed by atoms with van der Waals surface area (Å²) in [6.07, 6.45) is -0.959. The van der Waals surface area contributed by atoms with E-state index >= 15 is 0 Å². The Morgan fingerprint density at radius 1 is 1.35 bits per heavy atom. The Bertz CT molecular complexity index is 530. The lowest BCUT2D eigenvalue weighted by molar-refractivity contribution is 0.141. The molecule has 0 fully saturated rings. The molecule has 3 N–H and O–H groups in total. The van der Waals surface area contributed by atoms with E-state index in [2.05, 4.69) is 10.1 Å². The van der Waals surface area contributed by atoms with Crippen molar-refractivity contribution in [2.24, 2.45) is 5.73 Å². The fraction of sp³-hybridized carbons (Fsp3) is 0.200. The van der Waals surface area contributed by atoms with Gasteiger partial charge in [-0.05, 0) is 18.2 Å². The van der Waals surface area contributed by atoms with E-state index in [4.69, 9.17) is 33.5 Å². The van der Waals surface area contributed by atoms with E-state index in [0.717, 1.165) is 0 Å². The second-order valence-corrected chi connectivity index (χ2v) is 4.15. The van der Waals surface area contributed by atoms with Crippen molar-refractivity contribution in [1.82, 2.24) is 10.1 Å². The lowest BCUT2D eigenvalue weighted by Gasteiger charge is -1.99. The van der Waals surface area contributed by atoms with Gasteiger partial charge < -0.3 is 15.4 Å². The lowest BCUT2D eigenvalue weighted by atomic mass is 10.2. The van der Waals surface area contributed by atoms with E-state index in [9.17, 15) is 5.11 Å². The molecule has 0 saturated heterocycles. The van der Waals surface area contributed by atoms with E-state index in [1.54, 1.807) is 18.2 Å². The van der Waals surface area contributed by atoms with Gasteiger partial charge in [-0.15, -0.1) is 0 Å². The maximum absolute atomic E-state index is 9.42. The molecule has 2 rings (SSSR count). The fourth-order valence-corrected chi connectivity index (χ4v) is 1.52. The molecule has 0 bridgehead atoms. The van der Waals surface area contributed by atoms with Gasteiger partial charge in [0.2, 0.25) is 5.82 Å². The van der Waals surface area contributed by atoms with Gasteiger partial charge in [0.1, 0.15) is 6.10 Å². The van der Waals surface area contributed by atoms with Gasteiger partial charge in [-0.2, -0.15) is 4.98 Å². The van der Waals surface area contributed by atoms with Crippen LogP contribution >= 0.6 is 23.2 Å². The van der Waals surface area contributed by atoms with Crippen molar-refractivity contribution in [2.75, 3.05) is 6.54 Å². The van der Waals surface area contributed by atoms with Crippen LogP contribution in [0.1, 0.15) is 12.0 Å². The van der Waals surface area contributed by atoms with Gasteiger partial charge in [0.05, 0.1) is 10.0 Å². The first-order valence-corrected chi connectivity index (χ1v) is 5.54. The van der Waals surface area contributed by atoms with Crippen molar-refractivity contribution in [3.63, 3.8) is 0 Å². The Labute approximate surface area is 107 Å². The Morgan fingerprint density at radius 2 is 2.12 bits per heavy atom. The van der Waals surface area contributed by atoms with Crippen molar-refractivity contribution in [3.05, 3.63) is 34.1 Å². The number of aliphatic hydroxyl groups is 1. The lowest BCUT2D eigenvalue weighted by Crippen LogP contribution is -2.11. The first-order chi connectivity index (χ1) is 8.11. The molecule has 1 aromatic heterocycles. The summed E-state index contributed by atoms with van der Waals surface area (Å²) in [4.78, 5) is 4.01. The minimum atomic E-state index is -0.959. The zero-order valence-corrected chi connectivity index (χ0v) is 10.1. The van der Waals surface area contributed by atoms with Crippen molar-refractivity contribution in [2.45, 2.75) is 6.10 Å². The van der Waals surface area contributed by atoms with E-state index in [1.807, 2.05) is 0 Å². The third-order valence-electron chi connectivity index (χ3n) is 2.13. The van der Waals surface area contributed by atoms with Gasteiger partial charge in [-0.25, -0.2) is 0 Å². The molecule has 0 spiro atoms. The number of hydrogen-bond donors (Lipinski definition) is 2. The van der Waals surface area contributed by atoms with Crippen molar-refractivity contribution in [3.8, 4) is 11.4 Å². The summed E-state index contributed by atoms with van der Waals surface area (Å²) in [7, 11) is 0. The Kier molecular flexibility index (Phi) is 3.63. The second-order valence-electron chi connectivity index (χ2n) is 3.34. The molecule has 0 amide bonds. The molecule has 90 valence electrons. The third-order valence-corrected chi connectivity index (χ3v) is 2.87. The minimum absolute atomic E-state index is 0.0169. The van der Waals surface area contributed by atoms with E-state index in [-0.39, 0.29) is 12.4 Å². The normalized spacial score (nSPS) is 12.7. The molecule has 0 aliphatic heterocycles. The summed E-state index contributed by atoms with van der Waals surface area (Å²) in [5.74, 6) is 0.402. The van der Waals surface area contributed by atoms with Crippen LogP contribution < -0.4 is 5.73 Å². The van der Waals surface area contributed by atoms with Gasteiger partial charge in [-0.3, -0.25) is 0 Å². The minimum Gasteiger partial charge on any atom is -0.382 e. The highest BCUT2D eigenvalue weighted by Crippen LogP contribution is 2.27. The summed E-state index contributed by atoms with van der Waals surface area (Å²) in [6, 6.07) is 4.96. The predicted octanol–water partition coefficient (Wildman–Crippen LogP) is 2.04. The number of halogens is 2. The molecule has 2 aromatic rings. The summed E-state index contributed by atoms with van der Waals surface area (Å²) >= 11 is 11.7. The van der Waals surface area contributed by atoms with E-state index in [0.29, 0.717) is 21.4 Å². The van der Waals surface area contributed by atoms with Crippen LogP contribution in [0, 0.1) is 0 Å². The Morgan fingerprint density at radius 3 is 2.76 bits per heavy atom. The second kappa shape index (κ2) is 5.01. The zero-order valence-electron chi connectivity index (χ0n) is 8.60. The quantitative estimate of drug-likeness (QED) is 0.894. The van der Waals surface area contributed by atoms with Gasteiger partial charge >= 0.3 is 0 Å². The first kappa shape index (κ1) is 12.3. The molecule has 0 aliphatic carbocycles. The zero-order chi connectivity index (χ0) is 12.4. The molecule has 1 atom stereocenters. The number of benzene rings is 1. The van der Waals surface area contributed by atoms with Crippen LogP contribution in [0.3, 0.4) is 0 Å². The summed E-state index contributed by atoms with van der Waals surface area (Å²) in [5.41, 5.74) is 5.93. The molecule has 5 nitrogen and oxygen atoms in total. The fourth-order valence-electron chi connectivity index (χ4n) is 1.22. The number of aromatic nitrogens is 2. The van der Waals surface area contributed by atoms with Gasteiger partial charge in [0.15, 0.2) is 0 Å². The maximum atomic E-state index is 9.42. The molecular formula is C10H9Cl2N3O2. The number of aliphatic hydroxyl groups excluding tert-OH is 1. The SMILES string of the molecule is NC[C@H](O)c1nc(-c2ccc(Cl)c(Cl)c2)no1. The first-order valence-electron chi connectivity index (χ1n) is 4.79. The molecule has 0 radical (unpaired) electrons. The van der Waals surface area contributed by atoms with Crippen LogP contribution in [-0.4, -0.2) is 21.8 Å². The van der Waals surface area contributed by atoms with Crippen LogP contribution in [0.5, 0.6) is 0 Å². The monoisotopic (exact) mass is 273 g/mol. The van der Waals surface area contributed by atoms with Crippen molar-refractivity contribution < 1.29 is 9.63 Å². The smallest absolute Gasteiger partial charge is 0.257 e. The number of hydrogen-bond acceptors (Lipinski definition) is 5. The highest BCUT2D eigenvalue weighted by Gasteiger charge is 2.15. The van der Waals surface area contributed by atoms with Crippen molar-refractivity contribution >= 4 is 23.2 Å². The van der Waals surface area contributed by atoms with Gasteiger partial charge in [-0.1, -0.05) is 28.4 Å². The number of nitrogens with zero attached hydrogens (tertiary/aromatic N) is 2. The van der Waals surface area contributed by atoms with E-state index < -0.39 is 6.10 Å². The van der Waals surface area contributed by atoms with Crippen LogP contribution in [0.4, 0.5) is 0 Å². The van der Waals surface area contributed by atoms with Crippen molar-refractivity contribution in [1.29, 1.82) is 0 Å². The van der Waals surface area contributed by atoms with Crippen LogP contribution in [0.2, 0.25) is 10.0 Å². The third kappa shape index (κ3) is 2.58. The molecule has 1 heterocycles. The average Bonchev–Trinajstić information content (AvgIpc) is 2.81. The Balaban J connectivity index is 2.33. The largest absolute Gasteiger partial charge is 0.382 e. The molecule has 1 aromatic carbocycles. The molecule has 0 aliphatic rings. The highest BCUT2D eigenvalue weighted by molar-refractivity contribution is 6.42. The van der Waals surface area contributed by atoms with Gasteiger partial charge in [0.25, 0.3) is 5.89 Å². The number of rotatable bonds is 3. The molecule has 7 heteroatoms. The molecule has 17 heavy (non-hydrogen) atoms. The highest BCUT2D eigenvalue weighted by atomic mass is 35.5.